The van der Waals surface area contributed by atoms with Gasteiger partial charge in [0.15, 0.2) is 0 Å². The molecular weight excluding hydrogens is 272 g/mol. The molecule has 0 aliphatic rings. The van der Waals surface area contributed by atoms with Gasteiger partial charge in [0.2, 0.25) is 0 Å². The quantitative estimate of drug-likeness (QED) is 0.908. The van der Waals surface area contributed by atoms with E-state index in [1.54, 1.807) is 6.07 Å². The molecule has 0 fully saturated rings. The van der Waals surface area contributed by atoms with Gasteiger partial charge in [-0.1, -0.05) is 35.9 Å². The normalized spacial score (nSPS) is 10.3. The molecule has 0 saturated carbocycles. The zero-order valence-corrected chi connectivity index (χ0v) is 12.1. The van der Waals surface area contributed by atoms with Gasteiger partial charge in [-0.15, -0.1) is 0 Å². The van der Waals surface area contributed by atoms with Crippen molar-refractivity contribution >= 4 is 17.5 Å². The summed E-state index contributed by atoms with van der Waals surface area (Å²) in [6.45, 7) is 2.91. The molecule has 0 aliphatic heterocycles. The smallest absolute Gasteiger partial charge is 0.251 e. The first-order valence-electron chi connectivity index (χ1n) is 6.42. The Hall–Kier alpha value is -1.84. The second-order valence-corrected chi connectivity index (χ2v) is 5.16. The van der Waals surface area contributed by atoms with Crippen LogP contribution < -0.4 is 11.1 Å². The van der Waals surface area contributed by atoms with Gasteiger partial charge in [-0.3, -0.25) is 4.79 Å². The number of hydrogen-bond acceptors (Lipinski definition) is 2. The van der Waals surface area contributed by atoms with Crippen LogP contribution >= 0.6 is 11.6 Å². The minimum Gasteiger partial charge on any atom is -0.348 e. The van der Waals surface area contributed by atoms with E-state index in [4.69, 9.17) is 17.3 Å². The second kappa shape index (κ2) is 6.55. The van der Waals surface area contributed by atoms with Crippen molar-refractivity contribution in [3.05, 3.63) is 69.7 Å². The monoisotopic (exact) mass is 288 g/mol. The minimum atomic E-state index is -0.126. The first-order chi connectivity index (χ1) is 9.58. The van der Waals surface area contributed by atoms with Gasteiger partial charge in [0.25, 0.3) is 5.91 Å². The van der Waals surface area contributed by atoms with Crippen LogP contribution in [0.25, 0.3) is 0 Å². The fraction of sp³-hybridized carbons (Fsp3) is 0.188. The summed E-state index contributed by atoms with van der Waals surface area (Å²) in [4.78, 5) is 12.1. The maximum Gasteiger partial charge on any atom is 0.251 e. The first-order valence-corrected chi connectivity index (χ1v) is 6.79. The van der Waals surface area contributed by atoms with Gasteiger partial charge < -0.3 is 11.1 Å². The van der Waals surface area contributed by atoms with E-state index in [-0.39, 0.29) is 5.91 Å². The average molecular weight is 289 g/mol. The number of nitrogens with one attached hydrogen (secondary N) is 1. The number of hydrogen-bond donors (Lipinski definition) is 2. The molecule has 3 nitrogen and oxygen atoms in total. The van der Waals surface area contributed by atoms with Crippen molar-refractivity contribution in [2.24, 2.45) is 5.73 Å². The molecule has 3 N–H and O–H groups in total. The number of carbonyl (C=O) groups is 1. The first kappa shape index (κ1) is 14.6. The molecule has 0 aliphatic carbocycles. The molecule has 0 bridgehead atoms. The van der Waals surface area contributed by atoms with Crippen LogP contribution in [0.1, 0.15) is 27.0 Å². The lowest BCUT2D eigenvalue weighted by molar-refractivity contribution is 0.0951. The number of carbonyl (C=O) groups excluding carboxylic acids is 1. The maximum atomic E-state index is 12.1. The largest absolute Gasteiger partial charge is 0.348 e. The van der Waals surface area contributed by atoms with Crippen LogP contribution in [0.15, 0.2) is 42.5 Å². The molecule has 2 aromatic carbocycles. The summed E-state index contributed by atoms with van der Waals surface area (Å²) >= 11 is 5.95. The Kier molecular flexibility index (Phi) is 4.77. The van der Waals surface area contributed by atoms with Crippen molar-refractivity contribution < 1.29 is 4.79 Å². The predicted molar refractivity (Wildman–Crippen MR) is 81.7 cm³/mol. The zero-order valence-electron chi connectivity index (χ0n) is 11.3. The maximum absolute atomic E-state index is 12.1. The molecule has 0 aromatic heterocycles. The standard InChI is InChI=1S/C16H17ClN2O/c1-11-6-14(8-15(17)7-11)16(20)19-10-13-4-2-12(9-18)3-5-13/h2-8H,9-10,18H2,1H3,(H,19,20). The van der Waals surface area contributed by atoms with Gasteiger partial charge in [-0.05, 0) is 41.8 Å². The van der Waals surface area contributed by atoms with Gasteiger partial charge in [-0.2, -0.15) is 0 Å². The Morgan fingerprint density at radius 3 is 2.40 bits per heavy atom. The van der Waals surface area contributed by atoms with Gasteiger partial charge in [-0.25, -0.2) is 0 Å². The minimum absolute atomic E-state index is 0.126. The Morgan fingerprint density at radius 1 is 1.15 bits per heavy atom. The number of benzene rings is 2. The number of rotatable bonds is 4. The molecule has 1 amide bonds. The highest BCUT2D eigenvalue weighted by molar-refractivity contribution is 6.31. The molecule has 0 unspecified atom stereocenters. The van der Waals surface area contributed by atoms with E-state index in [1.807, 2.05) is 43.3 Å². The van der Waals surface area contributed by atoms with E-state index in [0.29, 0.717) is 23.7 Å². The van der Waals surface area contributed by atoms with Crippen LogP contribution in [0, 0.1) is 6.92 Å². The molecule has 20 heavy (non-hydrogen) atoms. The Labute approximate surface area is 123 Å². The summed E-state index contributed by atoms with van der Waals surface area (Å²) in [6.07, 6.45) is 0. The molecule has 0 spiro atoms. The summed E-state index contributed by atoms with van der Waals surface area (Å²) in [6, 6.07) is 13.2. The van der Waals surface area contributed by atoms with Crippen molar-refractivity contribution in [1.29, 1.82) is 0 Å². The van der Waals surface area contributed by atoms with Gasteiger partial charge in [0, 0.05) is 23.7 Å². The van der Waals surface area contributed by atoms with Crippen molar-refractivity contribution in [3.63, 3.8) is 0 Å². The summed E-state index contributed by atoms with van der Waals surface area (Å²) in [5.74, 6) is -0.126. The Bertz CT molecular complexity index is 588. The van der Waals surface area contributed by atoms with E-state index >= 15 is 0 Å². The van der Waals surface area contributed by atoms with E-state index in [2.05, 4.69) is 5.32 Å². The van der Waals surface area contributed by atoms with Gasteiger partial charge in [0.1, 0.15) is 0 Å². The number of nitrogens with two attached hydrogens (primary N) is 1. The lowest BCUT2D eigenvalue weighted by Gasteiger charge is -2.07. The third kappa shape index (κ3) is 3.83. The van der Waals surface area contributed by atoms with Crippen LogP contribution in [0.4, 0.5) is 0 Å². The predicted octanol–water partition coefficient (Wildman–Crippen LogP) is 3.04. The van der Waals surface area contributed by atoms with Crippen LogP contribution in [0.3, 0.4) is 0 Å². The third-order valence-electron chi connectivity index (χ3n) is 3.02. The highest BCUT2D eigenvalue weighted by atomic mass is 35.5. The van der Waals surface area contributed by atoms with Crippen LogP contribution in [0.5, 0.6) is 0 Å². The SMILES string of the molecule is Cc1cc(Cl)cc(C(=O)NCc2ccc(CN)cc2)c1. The van der Waals surface area contributed by atoms with E-state index in [1.165, 1.54) is 0 Å². The summed E-state index contributed by atoms with van der Waals surface area (Å²) < 4.78 is 0. The van der Waals surface area contributed by atoms with Crippen molar-refractivity contribution in [1.82, 2.24) is 5.32 Å². The molecule has 104 valence electrons. The van der Waals surface area contributed by atoms with E-state index in [0.717, 1.165) is 16.7 Å². The molecule has 0 atom stereocenters. The molecule has 0 radical (unpaired) electrons. The number of halogens is 1. The lowest BCUT2D eigenvalue weighted by atomic mass is 10.1. The number of aryl methyl sites for hydroxylation is 1. The van der Waals surface area contributed by atoms with Crippen LogP contribution in [0.2, 0.25) is 5.02 Å². The van der Waals surface area contributed by atoms with Gasteiger partial charge in [0.05, 0.1) is 0 Å². The summed E-state index contributed by atoms with van der Waals surface area (Å²) in [5, 5.41) is 3.45. The molecule has 2 aromatic rings. The molecular formula is C16H17ClN2O. The fourth-order valence-electron chi connectivity index (χ4n) is 1.95. The summed E-state index contributed by atoms with van der Waals surface area (Å²) in [5.41, 5.74) is 9.20. The van der Waals surface area contributed by atoms with E-state index in [9.17, 15) is 4.79 Å². The Morgan fingerprint density at radius 2 is 1.80 bits per heavy atom. The topological polar surface area (TPSA) is 55.1 Å². The Balaban J connectivity index is 2.00. The molecule has 2 rings (SSSR count). The van der Waals surface area contributed by atoms with Crippen LogP contribution in [-0.4, -0.2) is 5.91 Å². The average Bonchev–Trinajstić information content (AvgIpc) is 2.44. The summed E-state index contributed by atoms with van der Waals surface area (Å²) in [7, 11) is 0. The molecule has 0 saturated heterocycles. The highest BCUT2D eigenvalue weighted by Crippen LogP contribution is 2.14. The zero-order chi connectivity index (χ0) is 14.5. The fourth-order valence-corrected chi connectivity index (χ4v) is 2.23. The van der Waals surface area contributed by atoms with Crippen molar-refractivity contribution in [3.8, 4) is 0 Å². The van der Waals surface area contributed by atoms with Gasteiger partial charge >= 0.3 is 0 Å². The van der Waals surface area contributed by atoms with E-state index < -0.39 is 0 Å². The third-order valence-corrected chi connectivity index (χ3v) is 3.23. The van der Waals surface area contributed by atoms with Crippen molar-refractivity contribution in [2.75, 3.05) is 0 Å². The highest BCUT2D eigenvalue weighted by Gasteiger charge is 2.07. The van der Waals surface area contributed by atoms with Crippen molar-refractivity contribution in [2.45, 2.75) is 20.0 Å². The number of amides is 1. The second-order valence-electron chi connectivity index (χ2n) is 4.72. The molecule has 0 heterocycles. The molecule has 4 heteroatoms. The lowest BCUT2D eigenvalue weighted by Crippen LogP contribution is -2.22. The van der Waals surface area contributed by atoms with Crippen LogP contribution in [-0.2, 0) is 13.1 Å².